The summed E-state index contributed by atoms with van der Waals surface area (Å²) in [5, 5.41) is 39.1. The van der Waals surface area contributed by atoms with Gasteiger partial charge in [-0.2, -0.15) is 10.5 Å². The maximum Gasteiger partial charge on any atom is 0.270 e. The quantitative estimate of drug-likeness (QED) is 0.164. The average molecular weight is 621 g/mol. The van der Waals surface area contributed by atoms with Crippen molar-refractivity contribution in [3.8, 4) is 24.3 Å². The van der Waals surface area contributed by atoms with Gasteiger partial charge in [0.05, 0.1) is 50.2 Å². The van der Waals surface area contributed by atoms with E-state index in [1.165, 1.54) is 12.1 Å². The molecule has 0 spiro atoms. The number of allylic oxidation sites excluding steroid dienone is 7. The molecule has 0 atom stereocenters. The fourth-order valence-electron chi connectivity index (χ4n) is 5.37. The van der Waals surface area contributed by atoms with E-state index in [0.717, 1.165) is 6.07 Å². The van der Waals surface area contributed by atoms with E-state index >= 15 is 17.6 Å². The van der Waals surface area contributed by atoms with Crippen LogP contribution in [0.4, 0.5) is 27.6 Å². The highest BCUT2D eigenvalue weighted by Crippen LogP contribution is 2.58. The minimum absolute atomic E-state index is 0.409. The predicted octanol–water partition coefficient (Wildman–Crippen LogP) is 7.76. The molecule has 1 heterocycles. The van der Waals surface area contributed by atoms with Gasteiger partial charge in [-0.3, -0.25) is 0 Å². The van der Waals surface area contributed by atoms with E-state index in [-0.39, 0.29) is 0 Å². The van der Waals surface area contributed by atoms with Crippen LogP contribution in [0.1, 0.15) is 39.1 Å². The van der Waals surface area contributed by atoms with Crippen LogP contribution in [0.2, 0.25) is 0 Å². The Balaban J connectivity index is 2.06. The Hall–Kier alpha value is -7.88. The van der Waals surface area contributed by atoms with Crippen molar-refractivity contribution in [1.82, 2.24) is 4.98 Å². The van der Waals surface area contributed by atoms with Crippen molar-refractivity contribution < 1.29 is 22.0 Å². The topological polar surface area (TPSA) is 125 Å². The van der Waals surface area contributed by atoms with Crippen LogP contribution in [0.25, 0.3) is 52.9 Å². The second-order valence-electron chi connectivity index (χ2n) is 9.28. The van der Waals surface area contributed by atoms with Crippen LogP contribution in [0.3, 0.4) is 0 Å². The number of halogens is 5. The van der Waals surface area contributed by atoms with Gasteiger partial charge in [-0.05, 0) is 29.3 Å². The molecule has 0 radical (unpaired) electrons. The molecular formula is C33H4F5N9. The third-order valence-corrected chi connectivity index (χ3v) is 7.15. The van der Waals surface area contributed by atoms with E-state index < -0.39 is 119 Å². The number of aromatic nitrogens is 1. The van der Waals surface area contributed by atoms with Gasteiger partial charge in [-0.15, -0.1) is 0 Å². The summed E-state index contributed by atoms with van der Waals surface area (Å²) in [4.78, 5) is 15.6. The molecule has 0 saturated carbocycles. The Morgan fingerprint density at radius 2 is 1.21 bits per heavy atom. The number of rotatable bonds is 2. The largest absolute Gasteiger partial charge is 0.270 e. The van der Waals surface area contributed by atoms with Gasteiger partial charge in [0, 0.05) is 44.5 Å². The van der Waals surface area contributed by atoms with Crippen molar-refractivity contribution in [2.24, 2.45) is 0 Å². The predicted molar refractivity (Wildman–Crippen MR) is 152 cm³/mol. The Kier molecular flexibility index (Phi) is 7.36. The smallest absolute Gasteiger partial charge is 0.242 e. The van der Waals surface area contributed by atoms with Gasteiger partial charge >= 0.3 is 0 Å². The SMILES string of the molecule is [C-]#[N+]C1=C(c2cc(F)c([N+]#[C-])cc2F)/C(=C(/C#N)[N+]#[C-])c2c(F)c3c(c(F)c21)/C(=C(/C#N)[N+]#[C-])C(c1cc(C#N)ncc1F)=C3C#N. The van der Waals surface area contributed by atoms with E-state index in [1.807, 2.05) is 0 Å². The van der Waals surface area contributed by atoms with Crippen molar-refractivity contribution in [3.63, 3.8) is 0 Å². The Morgan fingerprint density at radius 1 is 0.638 bits per heavy atom. The molecule has 0 aliphatic heterocycles. The van der Waals surface area contributed by atoms with Crippen molar-refractivity contribution in [2.45, 2.75) is 0 Å². The van der Waals surface area contributed by atoms with Gasteiger partial charge < -0.3 is 0 Å². The zero-order valence-electron chi connectivity index (χ0n) is 22.7. The van der Waals surface area contributed by atoms with E-state index in [9.17, 15) is 25.4 Å². The van der Waals surface area contributed by atoms with Crippen LogP contribution in [0.5, 0.6) is 0 Å². The molecule has 0 N–H and O–H groups in total. The van der Waals surface area contributed by atoms with Crippen LogP contribution in [-0.4, -0.2) is 4.98 Å². The molecular weight excluding hydrogens is 617 g/mol. The molecule has 14 heteroatoms. The van der Waals surface area contributed by atoms with Gasteiger partial charge in [0.2, 0.25) is 11.4 Å². The Morgan fingerprint density at radius 3 is 1.74 bits per heavy atom. The first kappa shape index (κ1) is 30.6. The van der Waals surface area contributed by atoms with Crippen LogP contribution in [-0.2, 0) is 0 Å². The first-order valence-electron chi connectivity index (χ1n) is 12.4. The van der Waals surface area contributed by atoms with Crippen molar-refractivity contribution >= 4 is 39.2 Å². The minimum atomic E-state index is -1.58. The lowest BCUT2D eigenvalue weighted by atomic mass is 9.90. The zero-order chi connectivity index (χ0) is 34.3. The highest BCUT2D eigenvalue weighted by atomic mass is 19.1. The van der Waals surface area contributed by atoms with Gasteiger partial charge in [0.15, 0.2) is 0 Å². The van der Waals surface area contributed by atoms with E-state index in [1.54, 1.807) is 12.1 Å². The monoisotopic (exact) mass is 621 g/mol. The normalized spacial score (nSPS) is 14.7. The fraction of sp³-hybridized carbons (Fsp3) is 0. The lowest BCUT2D eigenvalue weighted by Gasteiger charge is -2.15. The molecule has 0 saturated heterocycles. The van der Waals surface area contributed by atoms with Crippen molar-refractivity contribution in [1.29, 1.82) is 21.0 Å². The first-order valence-corrected chi connectivity index (χ1v) is 12.4. The third-order valence-electron chi connectivity index (χ3n) is 7.15. The fourth-order valence-corrected chi connectivity index (χ4v) is 5.37. The minimum Gasteiger partial charge on any atom is -0.242 e. The van der Waals surface area contributed by atoms with E-state index in [2.05, 4.69) is 24.4 Å². The molecule has 2 aromatic carbocycles. The van der Waals surface area contributed by atoms with Gasteiger partial charge in [-0.1, -0.05) is 0 Å². The summed E-state index contributed by atoms with van der Waals surface area (Å²) >= 11 is 0. The lowest BCUT2D eigenvalue weighted by Crippen LogP contribution is -2.05. The highest BCUT2D eigenvalue weighted by molar-refractivity contribution is 6.29. The maximum atomic E-state index is 17.0. The summed E-state index contributed by atoms with van der Waals surface area (Å²) in [6.07, 6.45) is 0.571. The molecule has 3 aromatic rings. The summed E-state index contributed by atoms with van der Waals surface area (Å²) in [6.45, 7) is 29.9. The molecule has 47 heavy (non-hydrogen) atoms. The molecule has 5 rings (SSSR count). The molecule has 2 aliphatic carbocycles. The number of nitriles is 4. The van der Waals surface area contributed by atoms with Crippen LogP contribution < -0.4 is 0 Å². The summed E-state index contributed by atoms with van der Waals surface area (Å²) < 4.78 is 79.3. The van der Waals surface area contributed by atoms with Crippen molar-refractivity contribution in [2.75, 3.05) is 0 Å². The number of benzene rings is 2. The summed E-state index contributed by atoms with van der Waals surface area (Å²) in [6, 6.07) is 7.88. The number of hydrogen-bond donors (Lipinski definition) is 0. The maximum absolute atomic E-state index is 17.0. The van der Waals surface area contributed by atoms with E-state index in [4.69, 9.17) is 26.3 Å². The van der Waals surface area contributed by atoms with Gasteiger partial charge in [0.25, 0.3) is 11.4 Å². The standard InChI is InChI=1S/C33H4F5N9/c1-43-20-7-17(34)15(6-18(20)35)25-27(22(11-42)45-3)29-30(33(25)46-4)32(38)28-24(31(29)37)16(9-40)23(26(28)21(10-41)44-2)14-5-13(8-39)47-12-19(14)36/h5-7,12H/b26-21-,27-22+. The molecule has 1 aromatic heterocycles. The molecule has 2 aliphatic rings. The number of nitrogens with zero attached hydrogens (tertiary/aromatic N) is 9. The Bertz CT molecular complexity index is 2520. The second-order valence-corrected chi connectivity index (χ2v) is 9.28. The zero-order valence-corrected chi connectivity index (χ0v) is 22.7. The average Bonchev–Trinajstić information content (AvgIpc) is 3.60. The number of fused-ring (bicyclic) bond motifs is 2. The first-order chi connectivity index (χ1) is 22.6. The molecule has 9 nitrogen and oxygen atoms in total. The highest BCUT2D eigenvalue weighted by Gasteiger charge is 2.44. The van der Waals surface area contributed by atoms with Gasteiger partial charge in [0.1, 0.15) is 46.9 Å². The molecule has 0 bridgehead atoms. The lowest BCUT2D eigenvalue weighted by molar-refractivity contribution is 0.590. The Labute approximate surface area is 261 Å². The van der Waals surface area contributed by atoms with Crippen LogP contribution >= 0.6 is 0 Å². The summed E-state index contributed by atoms with van der Waals surface area (Å²) in [5.74, 6) is -7.03. The van der Waals surface area contributed by atoms with Crippen LogP contribution in [0, 0.1) is 101 Å². The number of hydrogen-bond acceptors (Lipinski definition) is 5. The van der Waals surface area contributed by atoms with Crippen LogP contribution in [0.15, 0.2) is 35.8 Å². The molecule has 216 valence electrons. The van der Waals surface area contributed by atoms with Crippen molar-refractivity contribution in [3.05, 3.63) is 150 Å². The summed E-state index contributed by atoms with van der Waals surface area (Å²) in [7, 11) is 0. The summed E-state index contributed by atoms with van der Waals surface area (Å²) in [5.41, 5.74) is -13.3. The molecule has 0 amide bonds. The number of pyridine rings is 1. The third kappa shape index (κ3) is 4.18. The second kappa shape index (κ2) is 11.3. The molecule has 0 unspecified atom stereocenters. The van der Waals surface area contributed by atoms with Gasteiger partial charge in [-0.25, -0.2) is 56.8 Å². The molecule has 0 fully saturated rings. The van der Waals surface area contributed by atoms with E-state index in [0.29, 0.717) is 18.3 Å².